The molecule has 0 aliphatic rings. The molecule has 2 nitrogen and oxygen atoms in total. The Morgan fingerprint density at radius 2 is 1.95 bits per heavy atom. The van der Waals surface area contributed by atoms with Crippen molar-refractivity contribution in [3.8, 4) is 0 Å². The summed E-state index contributed by atoms with van der Waals surface area (Å²) in [6.07, 6.45) is -3.52. The van der Waals surface area contributed by atoms with Crippen molar-refractivity contribution in [1.82, 2.24) is 5.32 Å². The van der Waals surface area contributed by atoms with Gasteiger partial charge in [0.1, 0.15) is 6.54 Å². The SMILES string of the molecule is CCCN(CC(F)(F)F)c1ccc(CNC(C)C)c(Br)c1. The average molecular weight is 367 g/mol. The van der Waals surface area contributed by atoms with E-state index in [4.69, 9.17) is 0 Å². The van der Waals surface area contributed by atoms with Crippen molar-refractivity contribution in [2.75, 3.05) is 18.0 Å². The maximum absolute atomic E-state index is 12.6. The van der Waals surface area contributed by atoms with Gasteiger partial charge in [-0.2, -0.15) is 13.2 Å². The fourth-order valence-electron chi connectivity index (χ4n) is 1.98. The van der Waals surface area contributed by atoms with Gasteiger partial charge in [0.25, 0.3) is 0 Å². The molecule has 21 heavy (non-hydrogen) atoms. The molecule has 0 saturated carbocycles. The van der Waals surface area contributed by atoms with Gasteiger partial charge in [-0.05, 0) is 24.1 Å². The van der Waals surface area contributed by atoms with E-state index in [1.165, 1.54) is 4.90 Å². The smallest absolute Gasteiger partial charge is 0.363 e. The van der Waals surface area contributed by atoms with E-state index >= 15 is 0 Å². The Kier molecular flexibility index (Phi) is 7.00. The second kappa shape index (κ2) is 8.03. The van der Waals surface area contributed by atoms with E-state index in [2.05, 4.69) is 35.1 Å². The number of hydrogen-bond acceptors (Lipinski definition) is 2. The van der Waals surface area contributed by atoms with Crippen LogP contribution in [0, 0.1) is 0 Å². The number of rotatable bonds is 7. The summed E-state index contributed by atoms with van der Waals surface area (Å²) in [5.74, 6) is 0. The highest BCUT2D eigenvalue weighted by Gasteiger charge is 2.30. The molecule has 0 unspecified atom stereocenters. The number of benzene rings is 1. The second-order valence-corrected chi connectivity index (χ2v) is 6.20. The predicted molar refractivity (Wildman–Crippen MR) is 84.7 cm³/mol. The zero-order chi connectivity index (χ0) is 16.0. The summed E-state index contributed by atoms with van der Waals surface area (Å²) in [5.41, 5.74) is 1.63. The molecule has 1 aromatic carbocycles. The van der Waals surface area contributed by atoms with Crippen LogP contribution in [0.25, 0.3) is 0 Å². The fourth-order valence-corrected chi connectivity index (χ4v) is 2.48. The third kappa shape index (κ3) is 6.70. The van der Waals surface area contributed by atoms with E-state index in [0.717, 1.165) is 10.0 Å². The van der Waals surface area contributed by atoms with Gasteiger partial charge in [0.15, 0.2) is 0 Å². The summed E-state index contributed by atoms with van der Waals surface area (Å²) < 4.78 is 38.8. The van der Waals surface area contributed by atoms with Gasteiger partial charge in [0.2, 0.25) is 0 Å². The quantitative estimate of drug-likeness (QED) is 0.750. The first-order valence-corrected chi connectivity index (χ1v) is 7.85. The van der Waals surface area contributed by atoms with Gasteiger partial charge in [-0.15, -0.1) is 0 Å². The lowest BCUT2D eigenvalue weighted by Crippen LogP contribution is -2.34. The van der Waals surface area contributed by atoms with Crippen molar-refractivity contribution < 1.29 is 13.2 Å². The van der Waals surface area contributed by atoms with Crippen molar-refractivity contribution in [3.05, 3.63) is 28.2 Å². The van der Waals surface area contributed by atoms with Gasteiger partial charge in [0.05, 0.1) is 0 Å². The van der Waals surface area contributed by atoms with Crippen LogP contribution in [0.4, 0.5) is 18.9 Å². The number of hydrogen-bond donors (Lipinski definition) is 1. The van der Waals surface area contributed by atoms with E-state index in [9.17, 15) is 13.2 Å². The van der Waals surface area contributed by atoms with Crippen LogP contribution < -0.4 is 10.2 Å². The van der Waals surface area contributed by atoms with E-state index in [1.54, 1.807) is 12.1 Å². The van der Waals surface area contributed by atoms with Crippen molar-refractivity contribution in [2.24, 2.45) is 0 Å². The molecule has 120 valence electrons. The zero-order valence-corrected chi connectivity index (χ0v) is 14.2. The van der Waals surface area contributed by atoms with Crippen LogP contribution >= 0.6 is 15.9 Å². The Bertz CT molecular complexity index is 447. The first kappa shape index (κ1) is 18.3. The third-order valence-electron chi connectivity index (χ3n) is 2.97. The monoisotopic (exact) mass is 366 g/mol. The van der Waals surface area contributed by atoms with Crippen LogP contribution in [0.3, 0.4) is 0 Å². The Morgan fingerprint density at radius 1 is 1.29 bits per heavy atom. The van der Waals surface area contributed by atoms with E-state index < -0.39 is 12.7 Å². The molecule has 0 aliphatic heterocycles. The van der Waals surface area contributed by atoms with Gasteiger partial charge in [0, 0.05) is 29.3 Å². The van der Waals surface area contributed by atoms with E-state index in [1.807, 2.05) is 13.0 Å². The van der Waals surface area contributed by atoms with Gasteiger partial charge in [-0.1, -0.05) is 42.8 Å². The van der Waals surface area contributed by atoms with Crippen molar-refractivity contribution in [2.45, 2.75) is 46.0 Å². The molecular formula is C15H22BrF3N2. The first-order chi connectivity index (χ1) is 9.73. The summed E-state index contributed by atoms with van der Waals surface area (Å²) in [6, 6.07) is 5.74. The highest BCUT2D eigenvalue weighted by Crippen LogP contribution is 2.27. The maximum atomic E-state index is 12.6. The lowest BCUT2D eigenvalue weighted by Gasteiger charge is -2.26. The molecule has 1 rings (SSSR count). The lowest BCUT2D eigenvalue weighted by molar-refractivity contribution is -0.119. The predicted octanol–water partition coefficient (Wildman–Crippen LogP) is 4.73. The van der Waals surface area contributed by atoms with Gasteiger partial charge in [-0.3, -0.25) is 0 Å². The summed E-state index contributed by atoms with van der Waals surface area (Å²) >= 11 is 3.45. The maximum Gasteiger partial charge on any atom is 0.405 e. The second-order valence-electron chi connectivity index (χ2n) is 5.35. The molecule has 0 aromatic heterocycles. The molecule has 6 heteroatoms. The molecule has 0 radical (unpaired) electrons. The topological polar surface area (TPSA) is 15.3 Å². The summed E-state index contributed by atoms with van der Waals surface area (Å²) in [5, 5.41) is 3.29. The minimum Gasteiger partial charge on any atom is -0.363 e. The van der Waals surface area contributed by atoms with E-state index in [-0.39, 0.29) is 0 Å². The molecule has 0 heterocycles. The minimum atomic E-state index is -4.19. The summed E-state index contributed by atoms with van der Waals surface area (Å²) in [6.45, 7) is 6.13. The molecule has 0 spiro atoms. The molecule has 0 atom stereocenters. The minimum absolute atomic E-state index is 0.360. The molecule has 0 bridgehead atoms. The zero-order valence-electron chi connectivity index (χ0n) is 12.6. The number of nitrogens with zero attached hydrogens (tertiary/aromatic N) is 1. The Morgan fingerprint density at radius 3 is 2.43 bits per heavy atom. The lowest BCUT2D eigenvalue weighted by atomic mass is 10.1. The van der Waals surface area contributed by atoms with Crippen molar-refractivity contribution in [1.29, 1.82) is 0 Å². The van der Waals surface area contributed by atoms with Crippen LogP contribution in [-0.2, 0) is 6.54 Å². The first-order valence-electron chi connectivity index (χ1n) is 7.06. The van der Waals surface area contributed by atoms with Crippen LogP contribution in [0.2, 0.25) is 0 Å². The molecule has 1 aromatic rings. The van der Waals surface area contributed by atoms with Gasteiger partial charge >= 0.3 is 6.18 Å². The highest BCUT2D eigenvalue weighted by molar-refractivity contribution is 9.10. The molecular weight excluding hydrogens is 345 g/mol. The number of anilines is 1. The van der Waals surface area contributed by atoms with Gasteiger partial charge in [-0.25, -0.2) is 0 Å². The molecule has 0 amide bonds. The standard InChI is InChI=1S/C15H22BrF3N2/c1-4-7-21(10-15(17,18)19)13-6-5-12(14(16)8-13)9-20-11(2)3/h5-6,8,11,20H,4,7,9-10H2,1-3H3. The van der Waals surface area contributed by atoms with E-state index in [0.29, 0.717) is 31.2 Å². The number of alkyl halides is 3. The fraction of sp³-hybridized carbons (Fsp3) is 0.600. The molecule has 1 N–H and O–H groups in total. The molecule has 0 aliphatic carbocycles. The Balaban J connectivity index is 2.87. The number of nitrogens with one attached hydrogen (secondary N) is 1. The Labute approximate surface area is 132 Å². The summed E-state index contributed by atoms with van der Waals surface area (Å²) in [4.78, 5) is 1.37. The number of halogens is 4. The molecule has 0 saturated heterocycles. The van der Waals surface area contributed by atoms with Crippen LogP contribution in [0.1, 0.15) is 32.8 Å². The Hall–Kier alpha value is -0.750. The molecule has 0 fully saturated rings. The van der Waals surface area contributed by atoms with Crippen molar-refractivity contribution >= 4 is 21.6 Å². The highest BCUT2D eigenvalue weighted by atomic mass is 79.9. The van der Waals surface area contributed by atoms with Crippen molar-refractivity contribution in [3.63, 3.8) is 0 Å². The average Bonchev–Trinajstić information content (AvgIpc) is 2.35. The van der Waals surface area contributed by atoms with Crippen LogP contribution in [-0.4, -0.2) is 25.3 Å². The summed E-state index contributed by atoms with van der Waals surface area (Å²) in [7, 11) is 0. The van der Waals surface area contributed by atoms with Gasteiger partial charge < -0.3 is 10.2 Å². The normalized spacial score (nSPS) is 12.0. The third-order valence-corrected chi connectivity index (χ3v) is 3.70. The largest absolute Gasteiger partial charge is 0.405 e. The van der Waals surface area contributed by atoms with Crippen LogP contribution in [0.5, 0.6) is 0 Å². The van der Waals surface area contributed by atoms with Crippen LogP contribution in [0.15, 0.2) is 22.7 Å².